The van der Waals surface area contributed by atoms with Crippen LogP contribution in [0.1, 0.15) is 0 Å². The van der Waals surface area contributed by atoms with Crippen LogP contribution in [0.5, 0.6) is 0 Å². The van der Waals surface area contributed by atoms with Crippen LogP contribution < -0.4 is 56.9 Å². The summed E-state index contributed by atoms with van der Waals surface area (Å²) >= 11 is -16.5. The minimum atomic E-state index is -8.24. The van der Waals surface area contributed by atoms with Crippen LogP contribution in [0.3, 0.4) is 0 Å². The van der Waals surface area contributed by atoms with Crippen LogP contribution in [-0.4, -0.2) is 0 Å². The summed E-state index contributed by atoms with van der Waals surface area (Å²) in [6.45, 7) is 0. The van der Waals surface area contributed by atoms with Crippen LogP contribution in [-0.2, 0) is 4.19 Å². The van der Waals surface area contributed by atoms with Crippen LogP contribution in [0, 0.1) is 0 Å². The summed E-state index contributed by atoms with van der Waals surface area (Å²) in [6.07, 6.45) is 0. The zero-order valence-electron chi connectivity index (χ0n) is 4.43. The van der Waals surface area contributed by atoms with Gasteiger partial charge < -0.3 is 0 Å². The molecule has 3 saturated heterocycles. The Labute approximate surface area is 60.9 Å². The van der Waals surface area contributed by atoms with E-state index in [-0.39, 0.29) is 0 Å². The van der Waals surface area contributed by atoms with Crippen molar-refractivity contribution in [3.05, 3.63) is 0 Å². The minimum absolute atomic E-state index is 2.74. The standard InChI is InChI=1S/I2O9/c3-1(4,5)9-2(6,7,8,10-1)11-1/q-4. The predicted molar refractivity (Wildman–Crippen MR) is 3.25 cm³/mol. The Morgan fingerprint density at radius 3 is 0.727 bits per heavy atom. The molecule has 0 aliphatic carbocycles. The van der Waals surface area contributed by atoms with E-state index in [1.54, 1.807) is 0 Å². The predicted octanol–water partition coefficient (Wildman–Crippen LogP) is -13.3. The molecule has 3 aliphatic heterocycles. The normalized spacial score (nSPS) is 60.5. The SMILES string of the molecule is [O-][I+]12([O-])([O-])O[I+]([O-])([O-])([O-])(O1)O2. The molecule has 2 bridgehead atoms. The Hall–Kier alpha value is 1.10. The van der Waals surface area contributed by atoms with Crippen LogP contribution in [0.15, 0.2) is 0 Å². The molecule has 9 nitrogen and oxygen atoms in total. The van der Waals surface area contributed by atoms with Crippen LogP contribution in [0.25, 0.3) is 0 Å². The third-order valence-electron chi connectivity index (χ3n) is 0.714. The van der Waals surface area contributed by atoms with Crippen LogP contribution in [0.2, 0.25) is 0 Å². The Kier molecular flexibility index (Phi) is 0.769. The van der Waals surface area contributed by atoms with E-state index in [9.17, 15) is 20.6 Å². The first-order valence-corrected chi connectivity index (χ1v) is 12.4. The molecule has 0 amide bonds. The molecule has 3 fully saturated rings. The van der Waals surface area contributed by atoms with Crippen molar-refractivity contribution in [2.75, 3.05) is 0 Å². The van der Waals surface area contributed by atoms with Gasteiger partial charge in [-0.05, 0) is 0 Å². The molecule has 0 radical (unpaired) electrons. The van der Waals surface area contributed by atoms with Crippen molar-refractivity contribution in [1.82, 2.24) is 0 Å². The van der Waals surface area contributed by atoms with Gasteiger partial charge in [0, 0.05) is 0 Å². The molecule has 0 aromatic rings. The molecular formula is I2O9-4. The van der Waals surface area contributed by atoms with E-state index >= 15 is 0 Å². The van der Waals surface area contributed by atoms with Crippen molar-refractivity contribution in [3.8, 4) is 0 Å². The molecule has 0 N–H and O–H groups in total. The van der Waals surface area contributed by atoms with Crippen molar-refractivity contribution in [1.29, 1.82) is 0 Å². The molecule has 0 aromatic carbocycles. The number of halogens is 2. The van der Waals surface area contributed by atoms with E-state index in [0.29, 0.717) is 0 Å². The van der Waals surface area contributed by atoms with Gasteiger partial charge in [0.2, 0.25) is 0 Å². The molecular weight excluding hydrogens is 398 g/mol. The molecule has 0 atom stereocenters. The van der Waals surface area contributed by atoms with Gasteiger partial charge >= 0.3 is 61.1 Å². The molecule has 0 spiro atoms. The first-order valence-electron chi connectivity index (χ1n) is 1.85. The molecule has 72 valence electrons. The van der Waals surface area contributed by atoms with Gasteiger partial charge in [0.1, 0.15) is 0 Å². The van der Waals surface area contributed by atoms with E-state index in [4.69, 9.17) is 0 Å². The summed E-state index contributed by atoms with van der Waals surface area (Å²) in [6, 6.07) is 0. The molecule has 0 saturated carbocycles. The maximum atomic E-state index is 10.2. The van der Waals surface area contributed by atoms with E-state index in [1.165, 1.54) is 0 Å². The fraction of sp³-hybridized carbons (Fsp3) is 0. The first-order chi connectivity index (χ1) is 4.18. The van der Waals surface area contributed by atoms with E-state index in [0.717, 1.165) is 0 Å². The number of hydrogen-bond acceptors (Lipinski definition) is 9. The Morgan fingerprint density at radius 1 is 0.545 bits per heavy atom. The summed E-state index contributed by atoms with van der Waals surface area (Å²) in [5, 5.41) is 0. The fourth-order valence-corrected chi connectivity index (χ4v) is 33.4. The average molecular weight is 398 g/mol. The van der Waals surface area contributed by atoms with Gasteiger partial charge in [0.15, 0.2) is 0 Å². The van der Waals surface area contributed by atoms with E-state index in [1.807, 2.05) is 0 Å². The van der Waals surface area contributed by atoms with Gasteiger partial charge in [-0.3, -0.25) is 0 Å². The topological polar surface area (TPSA) is 166 Å². The van der Waals surface area contributed by atoms with E-state index < -0.39 is 36.3 Å². The Balaban J connectivity index is 2.51. The second kappa shape index (κ2) is 0.974. The van der Waals surface area contributed by atoms with Gasteiger partial charge in [-0.1, -0.05) is 0 Å². The molecule has 0 unspecified atom stereocenters. The molecule has 11 heavy (non-hydrogen) atoms. The third kappa shape index (κ3) is 0.950. The summed E-state index contributed by atoms with van der Waals surface area (Å²) < 4.78 is 69.7. The van der Waals surface area contributed by atoms with Crippen molar-refractivity contribution >= 4 is 0 Å². The van der Waals surface area contributed by atoms with Crippen LogP contribution in [0.4, 0.5) is 0 Å². The van der Waals surface area contributed by atoms with Crippen molar-refractivity contribution in [2.24, 2.45) is 0 Å². The first kappa shape index (κ1) is 8.69. The van der Waals surface area contributed by atoms with Gasteiger partial charge in [0.05, 0.1) is 0 Å². The zero-order valence-corrected chi connectivity index (χ0v) is 8.75. The van der Waals surface area contributed by atoms with Gasteiger partial charge in [-0.25, -0.2) is 0 Å². The average Bonchev–Trinajstić information content (AvgIpc) is 1.04. The second-order valence-corrected chi connectivity index (χ2v) is 20.6. The molecule has 3 rings (SSSR count). The second-order valence-electron chi connectivity index (χ2n) is 2.06. The summed E-state index contributed by atoms with van der Waals surface area (Å²) in [5.74, 6) is 0. The number of rotatable bonds is 0. The molecule has 3 aliphatic rings. The van der Waals surface area contributed by atoms with Gasteiger partial charge in [-0.2, -0.15) is 0 Å². The molecule has 3 heterocycles. The molecule has 11 heteroatoms. The van der Waals surface area contributed by atoms with Gasteiger partial charge in [0.25, 0.3) is 0 Å². The summed E-state index contributed by atoms with van der Waals surface area (Å²) in [4.78, 5) is 0. The van der Waals surface area contributed by atoms with Crippen molar-refractivity contribution in [2.45, 2.75) is 0 Å². The van der Waals surface area contributed by atoms with Crippen molar-refractivity contribution in [3.63, 3.8) is 0 Å². The summed E-state index contributed by atoms with van der Waals surface area (Å²) in [5.41, 5.74) is 0. The fourth-order valence-electron chi connectivity index (χ4n) is 0.742. The van der Waals surface area contributed by atoms with E-state index in [2.05, 4.69) is 4.19 Å². The number of hydrogen-bond donors (Lipinski definition) is 0. The summed E-state index contributed by atoms with van der Waals surface area (Å²) in [7, 11) is 0. The Morgan fingerprint density at radius 2 is 0.727 bits per heavy atom. The quantitative estimate of drug-likeness (QED) is 0.360. The van der Waals surface area contributed by atoms with Gasteiger partial charge in [-0.15, -0.1) is 0 Å². The Bertz CT molecular complexity index is 230. The molecule has 0 aromatic heterocycles. The maximum absolute atomic E-state index is 10.2. The zero-order chi connectivity index (χ0) is 8.94. The van der Waals surface area contributed by atoms with Crippen LogP contribution >= 0.6 is 0 Å². The monoisotopic (exact) mass is 398 g/mol. The third-order valence-corrected chi connectivity index (χ3v) is 32.1. The van der Waals surface area contributed by atoms with Crippen molar-refractivity contribution < 1.29 is 61.1 Å².